The largest absolute Gasteiger partial charge is 0.497 e. The minimum Gasteiger partial charge on any atom is -0.497 e. The fourth-order valence-electron chi connectivity index (χ4n) is 3.94. The van der Waals surface area contributed by atoms with Gasteiger partial charge in [0.25, 0.3) is 0 Å². The van der Waals surface area contributed by atoms with Gasteiger partial charge in [-0.05, 0) is 24.3 Å². The molecule has 1 saturated heterocycles. The number of benzene rings is 2. The van der Waals surface area contributed by atoms with E-state index in [0.29, 0.717) is 23.7 Å². The maximum absolute atomic E-state index is 12.6. The third-order valence-electron chi connectivity index (χ3n) is 5.76. The predicted molar refractivity (Wildman–Crippen MR) is 121 cm³/mol. The first kappa shape index (κ1) is 21.1. The highest BCUT2D eigenvalue weighted by atomic mass is 16.5. The highest BCUT2D eigenvalue weighted by Gasteiger charge is 2.21. The van der Waals surface area contributed by atoms with Crippen LogP contribution in [0.2, 0.25) is 0 Å². The molecule has 8 nitrogen and oxygen atoms in total. The van der Waals surface area contributed by atoms with Gasteiger partial charge in [0, 0.05) is 39.3 Å². The van der Waals surface area contributed by atoms with Crippen molar-refractivity contribution in [2.24, 2.45) is 7.05 Å². The second-order valence-electron chi connectivity index (χ2n) is 7.74. The molecular weight excluding hydrogens is 394 g/mol. The number of aryl methyl sites for hydroxylation is 1. The average molecular weight is 424 g/mol. The molecule has 0 radical (unpaired) electrons. The van der Waals surface area contributed by atoms with E-state index in [-0.39, 0.29) is 5.91 Å². The number of nitrogens with zero attached hydrogens (tertiary/aromatic N) is 4. The summed E-state index contributed by atoms with van der Waals surface area (Å²) in [7, 11) is 5.25. The number of amides is 1. The van der Waals surface area contributed by atoms with Crippen molar-refractivity contribution in [3.8, 4) is 11.5 Å². The number of carbonyl (C=O) groups excluding carboxylic acids is 1. The maximum atomic E-state index is 12.6. The number of para-hydroxylation sites is 2. The first-order chi connectivity index (χ1) is 15.1. The number of carbonyl (C=O) groups is 1. The number of nitrogens with one attached hydrogen (secondary N) is 1. The van der Waals surface area contributed by atoms with Crippen molar-refractivity contribution in [2.75, 3.05) is 52.3 Å². The van der Waals surface area contributed by atoms with Crippen LogP contribution >= 0.6 is 0 Å². The number of methoxy groups -OCH3 is 2. The summed E-state index contributed by atoms with van der Waals surface area (Å²) in [5, 5.41) is 2.95. The Morgan fingerprint density at radius 3 is 2.48 bits per heavy atom. The number of aromatic nitrogens is 2. The number of fused-ring (bicyclic) bond motifs is 1. The van der Waals surface area contributed by atoms with Crippen LogP contribution in [0, 0.1) is 0 Å². The molecule has 0 saturated carbocycles. The molecule has 4 rings (SSSR count). The summed E-state index contributed by atoms with van der Waals surface area (Å²) >= 11 is 0. The van der Waals surface area contributed by atoms with Crippen molar-refractivity contribution in [2.45, 2.75) is 6.54 Å². The van der Waals surface area contributed by atoms with Gasteiger partial charge in [-0.2, -0.15) is 0 Å². The SMILES string of the molecule is COc1ccc(NC(=O)CN2CCN(Cc3nc4ccccc4n3C)CC2)c(OC)c1. The number of anilines is 1. The molecule has 0 aliphatic carbocycles. The summed E-state index contributed by atoms with van der Waals surface area (Å²) in [6.45, 7) is 4.67. The Kier molecular flexibility index (Phi) is 6.39. The topological polar surface area (TPSA) is 71.9 Å². The van der Waals surface area contributed by atoms with Crippen LogP contribution in [-0.4, -0.2) is 72.2 Å². The third kappa shape index (κ3) is 4.81. The second kappa shape index (κ2) is 9.36. The van der Waals surface area contributed by atoms with Gasteiger partial charge in [-0.25, -0.2) is 4.98 Å². The van der Waals surface area contributed by atoms with Gasteiger partial charge in [-0.1, -0.05) is 12.1 Å². The van der Waals surface area contributed by atoms with Gasteiger partial charge < -0.3 is 19.4 Å². The highest BCUT2D eigenvalue weighted by molar-refractivity contribution is 5.93. The van der Waals surface area contributed by atoms with Gasteiger partial charge in [-0.3, -0.25) is 14.6 Å². The predicted octanol–water partition coefficient (Wildman–Crippen LogP) is 2.35. The van der Waals surface area contributed by atoms with Crippen LogP contribution in [0.4, 0.5) is 5.69 Å². The quantitative estimate of drug-likeness (QED) is 0.629. The molecule has 3 aromatic rings. The summed E-state index contributed by atoms with van der Waals surface area (Å²) in [6, 6.07) is 13.6. The van der Waals surface area contributed by atoms with E-state index < -0.39 is 0 Å². The highest BCUT2D eigenvalue weighted by Crippen LogP contribution is 2.29. The van der Waals surface area contributed by atoms with Crippen LogP contribution in [-0.2, 0) is 18.4 Å². The minimum absolute atomic E-state index is 0.0488. The molecule has 2 heterocycles. The zero-order valence-corrected chi connectivity index (χ0v) is 18.3. The number of hydrogen-bond donors (Lipinski definition) is 1. The van der Waals surface area contributed by atoms with E-state index in [4.69, 9.17) is 14.5 Å². The van der Waals surface area contributed by atoms with Crippen molar-refractivity contribution in [1.82, 2.24) is 19.4 Å². The molecule has 0 spiro atoms. The van der Waals surface area contributed by atoms with Gasteiger partial charge in [0.05, 0.1) is 44.0 Å². The number of rotatable bonds is 7. The van der Waals surface area contributed by atoms with E-state index in [0.717, 1.165) is 49.6 Å². The minimum atomic E-state index is -0.0488. The fraction of sp³-hybridized carbons (Fsp3) is 0.391. The number of imidazole rings is 1. The average Bonchev–Trinajstić information content (AvgIpc) is 3.10. The number of piperazine rings is 1. The fourth-order valence-corrected chi connectivity index (χ4v) is 3.94. The normalized spacial score (nSPS) is 15.2. The van der Waals surface area contributed by atoms with E-state index >= 15 is 0 Å². The number of hydrogen-bond acceptors (Lipinski definition) is 6. The van der Waals surface area contributed by atoms with Gasteiger partial charge in [0.2, 0.25) is 5.91 Å². The van der Waals surface area contributed by atoms with Crippen molar-refractivity contribution in [3.05, 3.63) is 48.3 Å². The molecule has 0 bridgehead atoms. The van der Waals surface area contributed by atoms with Crippen molar-refractivity contribution in [1.29, 1.82) is 0 Å². The Bertz CT molecular complexity index is 1060. The van der Waals surface area contributed by atoms with Gasteiger partial charge in [0.15, 0.2) is 0 Å². The van der Waals surface area contributed by atoms with Gasteiger partial charge in [-0.15, -0.1) is 0 Å². The molecule has 164 valence electrons. The first-order valence-corrected chi connectivity index (χ1v) is 10.4. The van der Waals surface area contributed by atoms with Crippen LogP contribution in [0.3, 0.4) is 0 Å². The Balaban J connectivity index is 1.29. The Morgan fingerprint density at radius 2 is 1.77 bits per heavy atom. The zero-order chi connectivity index (χ0) is 21.8. The number of ether oxygens (including phenoxy) is 2. The van der Waals surface area contributed by atoms with Crippen LogP contribution in [0.25, 0.3) is 11.0 Å². The lowest BCUT2D eigenvalue weighted by molar-refractivity contribution is -0.117. The molecule has 1 aliphatic rings. The van der Waals surface area contributed by atoms with Crippen LogP contribution in [0.5, 0.6) is 11.5 Å². The van der Waals surface area contributed by atoms with Gasteiger partial charge in [0.1, 0.15) is 17.3 Å². The molecule has 31 heavy (non-hydrogen) atoms. The Hall–Kier alpha value is -3.10. The summed E-state index contributed by atoms with van der Waals surface area (Å²) in [4.78, 5) is 21.9. The van der Waals surface area contributed by atoms with Crippen LogP contribution < -0.4 is 14.8 Å². The lowest BCUT2D eigenvalue weighted by Gasteiger charge is -2.34. The smallest absolute Gasteiger partial charge is 0.238 e. The van der Waals surface area contributed by atoms with Crippen molar-refractivity contribution < 1.29 is 14.3 Å². The molecule has 1 amide bonds. The van der Waals surface area contributed by atoms with E-state index in [2.05, 4.69) is 32.8 Å². The van der Waals surface area contributed by atoms with Crippen molar-refractivity contribution >= 4 is 22.6 Å². The first-order valence-electron chi connectivity index (χ1n) is 10.4. The molecule has 1 aromatic heterocycles. The molecule has 1 aliphatic heterocycles. The molecule has 8 heteroatoms. The molecule has 1 fully saturated rings. The lowest BCUT2D eigenvalue weighted by Crippen LogP contribution is -2.48. The Morgan fingerprint density at radius 1 is 1.03 bits per heavy atom. The summed E-state index contributed by atoms with van der Waals surface area (Å²) < 4.78 is 12.7. The maximum Gasteiger partial charge on any atom is 0.238 e. The van der Waals surface area contributed by atoms with E-state index in [9.17, 15) is 4.79 Å². The summed E-state index contributed by atoms with van der Waals surface area (Å²) in [6.07, 6.45) is 0. The zero-order valence-electron chi connectivity index (χ0n) is 18.3. The third-order valence-corrected chi connectivity index (χ3v) is 5.76. The molecule has 0 atom stereocenters. The van der Waals surface area contributed by atoms with E-state index in [1.54, 1.807) is 32.4 Å². The molecular formula is C23H29N5O3. The standard InChI is InChI=1S/C23H29N5O3/c1-26-20-7-5-4-6-18(20)24-22(26)15-27-10-12-28(13-11-27)16-23(29)25-19-9-8-17(30-2)14-21(19)31-3/h4-9,14H,10-13,15-16H2,1-3H3,(H,25,29). The summed E-state index contributed by atoms with van der Waals surface area (Å²) in [5.74, 6) is 2.29. The Labute approximate surface area is 182 Å². The monoisotopic (exact) mass is 423 g/mol. The van der Waals surface area contributed by atoms with E-state index in [1.165, 1.54) is 0 Å². The van der Waals surface area contributed by atoms with E-state index in [1.807, 2.05) is 18.2 Å². The molecule has 1 N–H and O–H groups in total. The summed E-state index contributed by atoms with van der Waals surface area (Å²) in [5.41, 5.74) is 2.83. The van der Waals surface area contributed by atoms with Crippen LogP contribution in [0.15, 0.2) is 42.5 Å². The second-order valence-corrected chi connectivity index (χ2v) is 7.74. The molecule has 0 unspecified atom stereocenters. The van der Waals surface area contributed by atoms with Crippen LogP contribution in [0.1, 0.15) is 5.82 Å². The lowest BCUT2D eigenvalue weighted by atomic mass is 10.2. The van der Waals surface area contributed by atoms with Crippen molar-refractivity contribution in [3.63, 3.8) is 0 Å². The van der Waals surface area contributed by atoms with Gasteiger partial charge >= 0.3 is 0 Å². The molecule has 2 aromatic carbocycles.